The van der Waals surface area contributed by atoms with Crippen molar-refractivity contribution in [3.63, 3.8) is 0 Å². The van der Waals surface area contributed by atoms with Crippen molar-refractivity contribution in [3.05, 3.63) is 47.5 Å². The molecule has 2 aromatic rings. The molecule has 0 aromatic carbocycles. The van der Waals surface area contributed by atoms with Crippen LogP contribution in [-0.2, 0) is 11.8 Å². The first-order valence-electron chi connectivity index (χ1n) is 6.95. The van der Waals surface area contributed by atoms with E-state index in [1.165, 1.54) is 0 Å². The van der Waals surface area contributed by atoms with Gasteiger partial charge < -0.3 is 9.64 Å². The third kappa shape index (κ3) is 2.80. The molecule has 1 saturated heterocycles. The van der Waals surface area contributed by atoms with Crippen LogP contribution in [0.25, 0.3) is 0 Å². The van der Waals surface area contributed by atoms with Gasteiger partial charge in [0.1, 0.15) is 6.10 Å². The number of amides is 1. The summed E-state index contributed by atoms with van der Waals surface area (Å²) >= 11 is 0. The van der Waals surface area contributed by atoms with Crippen molar-refractivity contribution in [1.29, 1.82) is 0 Å². The van der Waals surface area contributed by atoms with E-state index in [-0.39, 0.29) is 12.0 Å². The summed E-state index contributed by atoms with van der Waals surface area (Å²) in [4.78, 5) is 18.5. The van der Waals surface area contributed by atoms with Gasteiger partial charge in [-0.2, -0.15) is 5.10 Å². The Hall–Kier alpha value is -2.21. The van der Waals surface area contributed by atoms with Gasteiger partial charge in [-0.1, -0.05) is 0 Å². The molecular formula is C15H18N4O2. The molecular weight excluding hydrogens is 268 g/mol. The van der Waals surface area contributed by atoms with Gasteiger partial charge in [-0.25, -0.2) is 0 Å². The normalized spacial score (nSPS) is 18.8. The average Bonchev–Trinajstić information content (AvgIpc) is 2.94. The summed E-state index contributed by atoms with van der Waals surface area (Å²) in [5.74, 6) is 0.0118. The largest absolute Gasteiger partial charge is 0.370 e. The number of carbonyl (C=O) groups excluding carboxylic acids is 1. The second-order valence-corrected chi connectivity index (χ2v) is 5.25. The lowest BCUT2D eigenvalue weighted by Crippen LogP contribution is -2.42. The van der Waals surface area contributed by atoms with Gasteiger partial charge in [0.2, 0.25) is 0 Å². The molecule has 0 bridgehead atoms. The predicted octanol–water partition coefficient (Wildman–Crippen LogP) is 1.34. The van der Waals surface area contributed by atoms with Crippen molar-refractivity contribution in [2.45, 2.75) is 13.0 Å². The molecule has 0 spiro atoms. The van der Waals surface area contributed by atoms with Gasteiger partial charge in [-0.3, -0.25) is 14.5 Å². The summed E-state index contributed by atoms with van der Waals surface area (Å²) in [7, 11) is 1.87. The third-order valence-corrected chi connectivity index (χ3v) is 3.72. The van der Waals surface area contributed by atoms with Gasteiger partial charge in [0.25, 0.3) is 5.91 Å². The van der Waals surface area contributed by atoms with Gasteiger partial charge in [-0.15, -0.1) is 0 Å². The van der Waals surface area contributed by atoms with Crippen LogP contribution in [0.2, 0.25) is 0 Å². The Balaban J connectivity index is 1.77. The lowest BCUT2D eigenvalue weighted by atomic mass is 10.1. The summed E-state index contributed by atoms with van der Waals surface area (Å²) in [6, 6.07) is 1.85. The first kappa shape index (κ1) is 13.8. The average molecular weight is 286 g/mol. The highest BCUT2D eigenvalue weighted by Crippen LogP contribution is 2.23. The molecule has 2 aromatic heterocycles. The van der Waals surface area contributed by atoms with Crippen molar-refractivity contribution in [2.75, 3.05) is 19.7 Å². The Morgan fingerprint density at radius 2 is 2.29 bits per heavy atom. The molecule has 1 atom stereocenters. The molecule has 0 unspecified atom stereocenters. The zero-order chi connectivity index (χ0) is 14.8. The first-order chi connectivity index (χ1) is 10.1. The zero-order valence-corrected chi connectivity index (χ0v) is 12.2. The van der Waals surface area contributed by atoms with Crippen LogP contribution in [0.5, 0.6) is 0 Å². The number of nitrogens with zero attached hydrogens (tertiary/aromatic N) is 4. The van der Waals surface area contributed by atoms with Crippen molar-refractivity contribution in [3.8, 4) is 0 Å². The summed E-state index contributed by atoms with van der Waals surface area (Å²) in [5, 5.41) is 4.16. The van der Waals surface area contributed by atoms with Gasteiger partial charge in [0.05, 0.1) is 24.9 Å². The van der Waals surface area contributed by atoms with E-state index < -0.39 is 0 Å². The second kappa shape index (κ2) is 5.65. The molecule has 3 heterocycles. The second-order valence-electron chi connectivity index (χ2n) is 5.25. The minimum atomic E-state index is -0.117. The highest BCUT2D eigenvalue weighted by Gasteiger charge is 2.27. The SMILES string of the molecule is Cc1ccncc1C(=O)N1CCO[C@H](c2cnn(C)c2)C1. The van der Waals surface area contributed by atoms with E-state index in [2.05, 4.69) is 10.1 Å². The fourth-order valence-electron chi connectivity index (χ4n) is 2.50. The molecule has 1 amide bonds. The maximum absolute atomic E-state index is 12.6. The molecule has 1 fully saturated rings. The molecule has 0 N–H and O–H groups in total. The molecule has 3 rings (SSSR count). The number of hydrogen-bond donors (Lipinski definition) is 0. The number of carbonyl (C=O) groups is 1. The van der Waals surface area contributed by atoms with Crippen molar-refractivity contribution in [1.82, 2.24) is 19.7 Å². The van der Waals surface area contributed by atoms with E-state index in [0.29, 0.717) is 25.3 Å². The molecule has 0 radical (unpaired) electrons. The molecule has 6 nitrogen and oxygen atoms in total. The first-order valence-corrected chi connectivity index (χ1v) is 6.95. The highest BCUT2D eigenvalue weighted by molar-refractivity contribution is 5.95. The molecule has 1 aliphatic heterocycles. The monoisotopic (exact) mass is 286 g/mol. The van der Waals surface area contributed by atoms with Crippen molar-refractivity contribution < 1.29 is 9.53 Å². The third-order valence-electron chi connectivity index (χ3n) is 3.72. The lowest BCUT2D eigenvalue weighted by molar-refractivity contribution is -0.0228. The van der Waals surface area contributed by atoms with E-state index >= 15 is 0 Å². The lowest BCUT2D eigenvalue weighted by Gasteiger charge is -2.32. The highest BCUT2D eigenvalue weighted by atomic mass is 16.5. The smallest absolute Gasteiger partial charge is 0.255 e. The molecule has 110 valence electrons. The summed E-state index contributed by atoms with van der Waals surface area (Å²) in [5.41, 5.74) is 2.60. The van der Waals surface area contributed by atoms with Gasteiger partial charge in [0.15, 0.2) is 0 Å². The molecule has 6 heteroatoms. The van der Waals surface area contributed by atoms with Crippen LogP contribution in [0, 0.1) is 6.92 Å². The number of pyridine rings is 1. The van der Waals surface area contributed by atoms with Crippen LogP contribution in [0.15, 0.2) is 30.9 Å². The Labute approximate surface area is 123 Å². The predicted molar refractivity (Wildman–Crippen MR) is 76.8 cm³/mol. The van der Waals surface area contributed by atoms with E-state index in [9.17, 15) is 4.79 Å². The van der Waals surface area contributed by atoms with Crippen LogP contribution < -0.4 is 0 Å². The minimum Gasteiger partial charge on any atom is -0.370 e. The zero-order valence-electron chi connectivity index (χ0n) is 12.2. The van der Waals surface area contributed by atoms with Crippen LogP contribution in [-0.4, -0.2) is 45.3 Å². The number of aromatic nitrogens is 3. The van der Waals surface area contributed by atoms with E-state index in [1.54, 1.807) is 23.3 Å². The Bertz CT molecular complexity index is 653. The van der Waals surface area contributed by atoms with Crippen LogP contribution in [0.3, 0.4) is 0 Å². The van der Waals surface area contributed by atoms with E-state index in [4.69, 9.17) is 4.74 Å². The van der Waals surface area contributed by atoms with E-state index in [1.807, 2.05) is 31.1 Å². The molecule has 1 aliphatic rings. The number of rotatable bonds is 2. The quantitative estimate of drug-likeness (QED) is 0.836. The van der Waals surface area contributed by atoms with Gasteiger partial charge in [0, 0.05) is 37.7 Å². The standard InChI is InChI=1S/C15H18N4O2/c1-11-3-4-16-8-13(11)15(20)19-5-6-21-14(10-19)12-7-17-18(2)9-12/h3-4,7-9,14H,5-6,10H2,1-2H3/t14-/m0/s1. The summed E-state index contributed by atoms with van der Waals surface area (Å²) in [6.07, 6.45) is 6.92. The molecule has 0 saturated carbocycles. The maximum Gasteiger partial charge on any atom is 0.255 e. The van der Waals surface area contributed by atoms with Crippen LogP contribution in [0.4, 0.5) is 0 Å². The topological polar surface area (TPSA) is 60.3 Å². The summed E-state index contributed by atoms with van der Waals surface area (Å²) < 4.78 is 7.50. The Morgan fingerprint density at radius 1 is 1.43 bits per heavy atom. The van der Waals surface area contributed by atoms with Crippen molar-refractivity contribution >= 4 is 5.91 Å². The molecule has 0 aliphatic carbocycles. The van der Waals surface area contributed by atoms with Crippen molar-refractivity contribution in [2.24, 2.45) is 7.05 Å². The van der Waals surface area contributed by atoms with E-state index in [0.717, 1.165) is 11.1 Å². The van der Waals surface area contributed by atoms with Gasteiger partial charge >= 0.3 is 0 Å². The fourth-order valence-corrected chi connectivity index (χ4v) is 2.50. The number of aryl methyl sites for hydroxylation is 2. The number of hydrogen-bond acceptors (Lipinski definition) is 4. The number of ether oxygens (including phenoxy) is 1. The van der Waals surface area contributed by atoms with Crippen LogP contribution in [0.1, 0.15) is 27.6 Å². The van der Waals surface area contributed by atoms with Gasteiger partial charge in [-0.05, 0) is 18.6 Å². The minimum absolute atomic E-state index is 0.0118. The summed E-state index contributed by atoms with van der Waals surface area (Å²) in [6.45, 7) is 3.60. The Morgan fingerprint density at radius 3 is 3.00 bits per heavy atom. The Kier molecular flexibility index (Phi) is 3.70. The molecule has 21 heavy (non-hydrogen) atoms. The number of morpholine rings is 1. The maximum atomic E-state index is 12.6. The fraction of sp³-hybridized carbons (Fsp3) is 0.400. The van der Waals surface area contributed by atoms with Crippen LogP contribution >= 0.6 is 0 Å².